The van der Waals surface area contributed by atoms with Gasteiger partial charge in [-0.05, 0) is 0 Å². The molecule has 1 aliphatic rings. The van der Waals surface area contributed by atoms with E-state index in [1.165, 1.54) is 10.9 Å². The van der Waals surface area contributed by atoms with Crippen molar-refractivity contribution in [3.63, 3.8) is 0 Å². The largest absolute Gasteiger partial charge is 0.394 e. The van der Waals surface area contributed by atoms with Gasteiger partial charge >= 0.3 is 0 Å². The van der Waals surface area contributed by atoms with Crippen molar-refractivity contribution in [1.82, 2.24) is 24.8 Å². The number of hydrogen-bond donors (Lipinski definition) is 5. The van der Waals surface area contributed by atoms with E-state index in [0.29, 0.717) is 6.41 Å². The first kappa shape index (κ1) is 15.4. The molecule has 3 heterocycles. The van der Waals surface area contributed by atoms with Crippen molar-refractivity contribution in [2.75, 3.05) is 18.9 Å². The number of nitrogen functional groups attached to an aromatic ring is 1. The van der Waals surface area contributed by atoms with Gasteiger partial charge in [0.25, 0.3) is 5.56 Å². The van der Waals surface area contributed by atoms with Crippen molar-refractivity contribution in [1.29, 1.82) is 0 Å². The number of carbonyl (C=O) groups is 1. The minimum atomic E-state index is -1.04. The lowest BCUT2D eigenvalue weighted by molar-refractivity contribution is -0.109. The first-order valence-corrected chi connectivity index (χ1v) is 6.90. The van der Waals surface area contributed by atoms with Crippen LogP contribution in [0.4, 0.5) is 5.95 Å². The third-order valence-electron chi connectivity index (χ3n) is 3.86. The van der Waals surface area contributed by atoms with Gasteiger partial charge in [-0.3, -0.25) is 19.1 Å². The Hall–Kier alpha value is -2.50. The number of ether oxygens (including phenoxy) is 1. The normalized spacial score (nSPS) is 27.4. The molecule has 2 aromatic heterocycles. The molecule has 23 heavy (non-hydrogen) atoms. The number of amides is 1. The molecule has 2 aromatic rings. The van der Waals surface area contributed by atoms with Crippen LogP contribution in [0.5, 0.6) is 0 Å². The van der Waals surface area contributed by atoms with Gasteiger partial charge < -0.3 is 26.0 Å². The third-order valence-corrected chi connectivity index (χ3v) is 3.86. The van der Waals surface area contributed by atoms with Gasteiger partial charge in [0.1, 0.15) is 6.10 Å². The van der Waals surface area contributed by atoms with Crippen LogP contribution < -0.4 is 16.6 Å². The summed E-state index contributed by atoms with van der Waals surface area (Å²) < 4.78 is 7.02. The molecule has 11 heteroatoms. The monoisotopic (exact) mass is 324 g/mol. The number of hydrogen-bond acceptors (Lipinski definition) is 8. The predicted molar refractivity (Wildman–Crippen MR) is 77.1 cm³/mol. The van der Waals surface area contributed by atoms with Crippen LogP contribution in [-0.4, -0.2) is 61.5 Å². The molecule has 0 bridgehead atoms. The number of carbonyl (C=O) groups excluding carboxylic acids is 1. The highest BCUT2D eigenvalue weighted by Gasteiger charge is 2.44. The number of aliphatic hydroxyl groups excluding tert-OH is 2. The van der Waals surface area contributed by atoms with Gasteiger partial charge in [-0.2, -0.15) is 4.98 Å². The van der Waals surface area contributed by atoms with Crippen LogP contribution in [0.2, 0.25) is 0 Å². The fourth-order valence-electron chi connectivity index (χ4n) is 2.77. The zero-order valence-corrected chi connectivity index (χ0v) is 11.9. The molecule has 1 amide bonds. The number of nitrogens with two attached hydrogens (primary N) is 1. The summed E-state index contributed by atoms with van der Waals surface area (Å²) >= 11 is 0. The first-order chi connectivity index (χ1) is 11.1. The number of aromatic amines is 1. The molecule has 0 radical (unpaired) electrons. The number of aromatic nitrogens is 4. The van der Waals surface area contributed by atoms with E-state index in [4.69, 9.17) is 10.5 Å². The van der Waals surface area contributed by atoms with Gasteiger partial charge in [0.2, 0.25) is 12.4 Å². The second-order valence-electron chi connectivity index (χ2n) is 5.20. The molecular formula is C12H16N6O5. The highest BCUT2D eigenvalue weighted by atomic mass is 16.5. The molecule has 1 aliphatic heterocycles. The molecular weight excluding hydrogens is 308 g/mol. The summed E-state index contributed by atoms with van der Waals surface area (Å²) in [5.74, 6) is -0.610. The maximum atomic E-state index is 11.8. The van der Waals surface area contributed by atoms with Crippen LogP contribution in [0.15, 0.2) is 11.1 Å². The average Bonchev–Trinajstić information content (AvgIpc) is 3.06. The van der Waals surface area contributed by atoms with Gasteiger partial charge in [0.15, 0.2) is 17.4 Å². The Morgan fingerprint density at radius 3 is 3.04 bits per heavy atom. The molecule has 0 saturated carbocycles. The van der Waals surface area contributed by atoms with Crippen LogP contribution in [0.3, 0.4) is 0 Å². The fourth-order valence-corrected chi connectivity index (χ4v) is 2.77. The van der Waals surface area contributed by atoms with Gasteiger partial charge in [0, 0.05) is 12.5 Å². The van der Waals surface area contributed by atoms with E-state index in [9.17, 15) is 19.8 Å². The summed E-state index contributed by atoms with van der Waals surface area (Å²) in [6, 6.07) is 0. The number of anilines is 1. The molecule has 0 spiro atoms. The molecule has 6 N–H and O–H groups in total. The van der Waals surface area contributed by atoms with E-state index < -0.39 is 29.9 Å². The van der Waals surface area contributed by atoms with E-state index in [0.717, 1.165) is 0 Å². The van der Waals surface area contributed by atoms with Gasteiger partial charge in [-0.15, -0.1) is 0 Å². The summed E-state index contributed by atoms with van der Waals surface area (Å²) in [6.07, 6.45) is -0.824. The SMILES string of the molecule is Nc1nc2c(ncn2[C@@H]2O[C@H](CO)[C@@H](CNC=O)[C@H]2O)c(=O)[nH]1. The van der Waals surface area contributed by atoms with Gasteiger partial charge in [-0.25, -0.2) is 4.98 Å². The number of H-pyrrole nitrogens is 1. The predicted octanol–water partition coefficient (Wildman–Crippen LogP) is -2.69. The van der Waals surface area contributed by atoms with Crippen molar-refractivity contribution in [3.8, 4) is 0 Å². The number of nitrogens with zero attached hydrogens (tertiary/aromatic N) is 3. The lowest BCUT2D eigenvalue weighted by Crippen LogP contribution is -2.36. The molecule has 4 atom stereocenters. The lowest BCUT2D eigenvalue weighted by Gasteiger charge is -2.18. The summed E-state index contributed by atoms with van der Waals surface area (Å²) in [4.78, 5) is 32.5. The quantitative estimate of drug-likeness (QED) is 0.370. The number of fused-ring (bicyclic) bond motifs is 1. The van der Waals surface area contributed by atoms with E-state index in [-0.39, 0.29) is 30.3 Å². The molecule has 0 aromatic carbocycles. The molecule has 0 aliphatic carbocycles. The second-order valence-corrected chi connectivity index (χ2v) is 5.20. The summed E-state index contributed by atoms with van der Waals surface area (Å²) in [6.45, 7) is -0.198. The molecule has 3 rings (SSSR count). The smallest absolute Gasteiger partial charge is 0.280 e. The number of aliphatic hydroxyl groups is 2. The minimum absolute atomic E-state index is 0.0602. The number of imidazole rings is 1. The maximum absolute atomic E-state index is 11.8. The minimum Gasteiger partial charge on any atom is -0.394 e. The zero-order valence-electron chi connectivity index (χ0n) is 11.9. The summed E-state index contributed by atoms with van der Waals surface area (Å²) in [7, 11) is 0. The van der Waals surface area contributed by atoms with E-state index in [1.807, 2.05) is 0 Å². The van der Waals surface area contributed by atoms with Crippen LogP contribution in [0, 0.1) is 5.92 Å². The van der Waals surface area contributed by atoms with Gasteiger partial charge in [-0.1, -0.05) is 0 Å². The average molecular weight is 324 g/mol. The van der Waals surface area contributed by atoms with Crippen LogP contribution in [0.25, 0.3) is 11.2 Å². The van der Waals surface area contributed by atoms with Crippen LogP contribution in [0.1, 0.15) is 6.23 Å². The van der Waals surface area contributed by atoms with E-state index >= 15 is 0 Å². The third kappa shape index (κ3) is 2.54. The first-order valence-electron chi connectivity index (χ1n) is 6.90. The van der Waals surface area contributed by atoms with Crippen molar-refractivity contribution in [2.24, 2.45) is 5.92 Å². The van der Waals surface area contributed by atoms with Crippen molar-refractivity contribution < 1.29 is 19.7 Å². The lowest BCUT2D eigenvalue weighted by atomic mass is 9.98. The molecule has 0 unspecified atom stereocenters. The standard InChI is InChI=1S/C12H16N6O5/c13-12-16-9-7(10(22)17-12)15-3-18(9)11-8(21)5(1-14-4-20)6(2-19)23-11/h3-6,8,11,19,21H,1-2H2,(H,14,20)(H3,13,16,17,22)/t5-,6-,8-,11-/m1/s1. The highest BCUT2D eigenvalue weighted by Crippen LogP contribution is 2.34. The Morgan fingerprint density at radius 2 is 2.35 bits per heavy atom. The Kier molecular flexibility index (Phi) is 3.98. The summed E-state index contributed by atoms with van der Waals surface area (Å²) in [5, 5.41) is 22.3. The van der Waals surface area contributed by atoms with Crippen molar-refractivity contribution in [2.45, 2.75) is 18.4 Å². The zero-order chi connectivity index (χ0) is 16.6. The Morgan fingerprint density at radius 1 is 1.57 bits per heavy atom. The van der Waals surface area contributed by atoms with Crippen molar-refractivity contribution in [3.05, 3.63) is 16.7 Å². The Labute approximate surface area is 129 Å². The molecule has 124 valence electrons. The highest BCUT2D eigenvalue weighted by molar-refractivity contribution is 5.70. The second kappa shape index (κ2) is 5.95. The Balaban J connectivity index is 1.99. The molecule has 1 saturated heterocycles. The van der Waals surface area contributed by atoms with Crippen LogP contribution in [-0.2, 0) is 9.53 Å². The van der Waals surface area contributed by atoms with E-state index in [2.05, 4.69) is 20.3 Å². The van der Waals surface area contributed by atoms with Crippen molar-refractivity contribution >= 4 is 23.5 Å². The maximum Gasteiger partial charge on any atom is 0.280 e. The van der Waals surface area contributed by atoms with Gasteiger partial charge in [0.05, 0.1) is 19.0 Å². The topological polar surface area (TPSA) is 168 Å². The fraction of sp³-hybridized carbons (Fsp3) is 0.500. The number of rotatable bonds is 5. The number of nitrogens with one attached hydrogen (secondary N) is 2. The summed E-state index contributed by atoms with van der Waals surface area (Å²) in [5.41, 5.74) is 5.25. The molecule has 11 nitrogen and oxygen atoms in total. The molecule has 1 fully saturated rings. The Bertz CT molecular complexity index is 773. The van der Waals surface area contributed by atoms with E-state index in [1.54, 1.807) is 0 Å². The van der Waals surface area contributed by atoms with Crippen LogP contribution >= 0.6 is 0 Å².